The summed E-state index contributed by atoms with van der Waals surface area (Å²) in [4.78, 5) is 12.3. The van der Waals surface area contributed by atoms with Crippen LogP contribution in [0.15, 0.2) is 18.2 Å². The molecule has 1 aliphatic rings. The minimum atomic E-state index is 0.112. The van der Waals surface area contributed by atoms with Gasteiger partial charge in [0.05, 0.1) is 12.8 Å². The van der Waals surface area contributed by atoms with E-state index in [1.54, 1.807) is 7.11 Å². The molecule has 0 fully saturated rings. The first-order valence-corrected chi connectivity index (χ1v) is 9.02. The maximum Gasteiger partial charge on any atom is 0.220 e. The number of aromatic amines is 1. The van der Waals surface area contributed by atoms with Crippen molar-refractivity contribution in [3.63, 3.8) is 0 Å². The molecule has 25 heavy (non-hydrogen) atoms. The number of nitrogens with one attached hydrogen (secondary N) is 2. The van der Waals surface area contributed by atoms with E-state index < -0.39 is 0 Å². The van der Waals surface area contributed by atoms with Gasteiger partial charge in [0, 0.05) is 24.6 Å². The number of methoxy groups -OCH3 is 1. The quantitative estimate of drug-likeness (QED) is 0.848. The van der Waals surface area contributed by atoms with Gasteiger partial charge in [0.15, 0.2) is 0 Å². The molecule has 0 radical (unpaired) electrons. The predicted molar refractivity (Wildman–Crippen MR) is 98.1 cm³/mol. The van der Waals surface area contributed by atoms with Crippen LogP contribution in [-0.4, -0.2) is 29.8 Å². The van der Waals surface area contributed by atoms with E-state index in [1.807, 2.05) is 19.9 Å². The molecule has 5 heteroatoms. The van der Waals surface area contributed by atoms with Gasteiger partial charge in [-0.15, -0.1) is 0 Å². The SMILES string of the molecule is COc1ccc2c(c1)CCCC2CNC(=O)CCc1c(C)n[nH]c1C. The summed E-state index contributed by atoms with van der Waals surface area (Å²) >= 11 is 0. The number of H-pyrrole nitrogens is 1. The molecule has 1 heterocycles. The van der Waals surface area contributed by atoms with E-state index in [1.165, 1.54) is 11.1 Å². The molecule has 0 saturated heterocycles. The number of benzene rings is 1. The van der Waals surface area contributed by atoms with Gasteiger partial charge < -0.3 is 10.1 Å². The van der Waals surface area contributed by atoms with Crippen molar-refractivity contribution in [2.45, 2.75) is 51.9 Å². The van der Waals surface area contributed by atoms with Crippen molar-refractivity contribution in [2.24, 2.45) is 0 Å². The van der Waals surface area contributed by atoms with E-state index in [0.29, 0.717) is 18.9 Å². The highest BCUT2D eigenvalue weighted by atomic mass is 16.5. The van der Waals surface area contributed by atoms with Gasteiger partial charge in [-0.25, -0.2) is 0 Å². The number of nitrogens with zero attached hydrogens (tertiary/aromatic N) is 1. The second-order valence-corrected chi connectivity index (χ2v) is 6.87. The maximum absolute atomic E-state index is 12.3. The van der Waals surface area contributed by atoms with Gasteiger partial charge in [0.1, 0.15) is 5.75 Å². The molecule has 1 unspecified atom stereocenters. The molecule has 1 amide bonds. The van der Waals surface area contributed by atoms with Crippen LogP contribution in [-0.2, 0) is 17.6 Å². The smallest absolute Gasteiger partial charge is 0.220 e. The molecule has 0 saturated carbocycles. The van der Waals surface area contributed by atoms with Crippen molar-refractivity contribution < 1.29 is 9.53 Å². The van der Waals surface area contributed by atoms with Crippen molar-refractivity contribution in [1.82, 2.24) is 15.5 Å². The summed E-state index contributed by atoms with van der Waals surface area (Å²) in [6, 6.07) is 6.31. The molecule has 0 bridgehead atoms. The van der Waals surface area contributed by atoms with Gasteiger partial charge >= 0.3 is 0 Å². The second-order valence-electron chi connectivity index (χ2n) is 6.87. The lowest BCUT2D eigenvalue weighted by Gasteiger charge is -2.26. The molecule has 1 aliphatic carbocycles. The Morgan fingerprint density at radius 2 is 2.24 bits per heavy atom. The molecule has 1 atom stereocenters. The van der Waals surface area contributed by atoms with Gasteiger partial charge in [-0.3, -0.25) is 9.89 Å². The number of aryl methyl sites for hydroxylation is 3. The second kappa shape index (κ2) is 7.72. The number of aromatic nitrogens is 2. The molecule has 5 nitrogen and oxygen atoms in total. The lowest BCUT2D eigenvalue weighted by atomic mass is 9.82. The Kier molecular flexibility index (Phi) is 5.41. The summed E-state index contributed by atoms with van der Waals surface area (Å²) in [6.45, 7) is 4.69. The van der Waals surface area contributed by atoms with Crippen LogP contribution in [0.2, 0.25) is 0 Å². The monoisotopic (exact) mass is 341 g/mol. The number of ether oxygens (including phenoxy) is 1. The minimum absolute atomic E-state index is 0.112. The van der Waals surface area contributed by atoms with Crippen LogP contribution in [0.4, 0.5) is 0 Å². The van der Waals surface area contributed by atoms with Crippen LogP contribution in [0, 0.1) is 13.8 Å². The molecular formula is C20H27N3O2. The average Bonchev–Trinajstić information content (AvgIpc) is 2.95. The zero-order chi connectivity index (χ0) is 17.8. The summed E-state index contributed by atoms with van der Waals surface area (Å²) in [6.07, 6.45) is 4.62. The van der Waals surface area contributed by atoms with E-state index in [0.717, 1.165) is 48.4 Å². The van der Waals surface area contributed by atoms with Crippen molar-refractivity contribution in [1.29, 1.82) is 0 Å². The fourth-order valence-corrected chi connectivity index (χ4v) is 3.74. The first kappa shape index (κ1) is 17.5. The molecule has 2 N–H and O–H groups in total. The Morgan fingerprint density at radius 1 is 1.40 bits per heavy atom. The van der Waals surface area contributed by atoms with Crippen molar-refractivity contribution in [3.05, 3.63) is 46.3 Å². The summed E-state index contributed by atoms with van der Waals surface area (Å²) < 4.78 is 5.32. The number of rotatable bonds is 6. The van der Waals surface area contributed by atoms with Gasteiger partial charge in [-0.1, -0.05) is 6.07 Å². The van der Waals surface area contributed by atoms with Crippen molar-refractivity contribution in [3.8, 4) is 5.75 Å². The maximum atomic E-state index is 12.3. The standard InChI is InChI=1S/C20H27N3O2/c1-13-18(14(2)23-22-13)9-10-20(24)21-12-16-6-4-5-15-11-17(25-3)7-8-19(15)16/h7-8,11,16H,4-6,9-10,12H2,1-3H3,(H,21,24)(H,22,23). The lowest BCUT2D eigenvalue weighted by molar-refractivity contribution is -0.121. The fourth-order valence-electron chi connectivity index (χ4n) is 3.74. The summed E-state index contributed by atoms with van der Waals surface area (Å²) in [5.41, 5.74) is 5.91. The average molecular weight is 341 g/mol. The number of fused-ring (bicyclic) bond motifs is 1. The van der Waals surface area contributed by atoms with Crippen LogP contribution in [0.1, 0.15) is 53.3 Å². The van der Waals surface area contributed by atoms with E-state index in [4.69, 9.17) is 4.74 Å². The van der Waals surface area contributed by atoms with Crippen molar-refractivity contribution >= 4 is 5.91 Å². The number of amides is 1. The number of carbonyl (C=O) groups excluding carboxylic acids is 1. The Labute approximate surface area is 149 Å². The van der Waals surface area contributed by atoms with Gasteiger partial charge in [-0.2, -0.15) is 5.10 Å². The zero-order valence-electron chi connectivity index (χ0n) is 15.3. The third kappa shape index (κ3) is 4.03. The number of hydrogen-bond donors (Lipinski definition) is 2. The zero-order valence-corrected chi connectivity index (χ0v) is 15.3. The topological polar surface area (TPSA) is 67.0 Å². The van der Waals surface area contributed by atoms with Crippen LogP contribution >= 0.6 is 0 Å². The van der Waals surface area contributed by atoms with Gasteiger partial charge in [0.25, 0.3) is 0 Å². The predicted octanol–water partition coefficient (Wildman–Crippen LogP) is 3.20. The molecule has 1 aromatic heterocycles. The normalized spacial score (nSPS) is 16.4. The summed E-state index contributed by atoms with van der Waals surface area (Å²) in [5, 5.41) is 10.3. The molecule has 1 aromatic carbocycles. The highest BCUT2D eigenvalue weighted by molar-refractivity contribution is 5.76. The van der Waals surface area contributed by atoms with Crippen LogP contribution in [0.5, 0.6) is 5.75 Å². The summed E-state index contributed by atoms with van der Waals surface area (Å²) in [5.74, 6) is 1.42. The van der Waals surface area contributed by atoms with Crippen LogP contribution in [0.25, 0.3) is 0 Å². The fraction of sp³-hybridized carbons (Fsp3) is 0.500. The van der Waals surface area contributed by atoms with Gasteiger partial charge in [0.2, 0.25) is 5.91 Å². The highest BCUT2D eigenvalue weighted by Crippen LogP contribution is 2.33. The Hall–Kier alpha value is -2.30. The molecular weight excluding hydrogens is 314 g/mol. The minimum Gasteiger partial charge on any atom is -0.497 e. The van der Waals surface area contributed by atoms with E-state index in [-0.39, 0.29) is 5.91 Å². The lowest BCUT2D eigenvalue weighted by Crippen LogP contribution is -2.30. The number of carbonyl (C=O) groups is 1. The third-order valence-electron chi connectivity index (χ3n) is 5.22. The largest absolute Gasteiger partial charge is 0.497 e. The molecule has 0 aliphatic heterocycles. The third-order valence-corrected chi connectivity index (χ3v) is 5.22. The first-order chi connectivity index (χ1) is 12.1. The Bertz CT molecular complexity index is 732. The van der Waals surface area contributed by atoms with Crippen molar-refractivity contribution in [2.75, 3.05) is 13.7 Å². The summed E-state index contributed by atoms with van der Waals surface area (Å²) in [7, 11) is 1.70. The van der Waals surface area contributed by atoms with E-state index in [2.05, 4.69) is 27.6 Å². The molecule has 134 valence electrons. The molecule has 3 rings (SSSR count). The molecule has 0 spiro atoms. The van der Waals surface area contributed by atoms with Gasteiger partial charge in [-0.05, 0) is 68.4 Å². The first-order valence-electron chi connectivity index (χ1n) is 9.02. The highest BCUT2D eigenvalue weighted by Gasteiger charge is 2.21. The van der Waals surface area contributed by atoms with Crippen LogP contribution in [0.3, 0.4) is 0 Å². The van der Waals surface area contributed by atoms with E-state index in [9.17, 15) is 4.79 Å². The number of hydrogen-bond acceptors (Lipinski definition) is 3. The Balaban J connectivity index is 1.55. The van der Waals surface area contributed by atoms with E-state index >= 15 is 0 Å². The van der Waals surface area contributed by atoms with Crippen LogP contribution < -0.4 is 10.1 Å². The molecule has 2 aromatic rings. The Morgan fingerprint density at radius 3 is 2.96 bits per heavy atom.